The molecule has 0 bridgehead atoms. The van der Waals surface area contributed by atoms with Gasteiger partial charge in [0.15, 0.2) is 12.2 Å². The summed E-state index contributed by atoms with van der Waals surface area (Å²) >= 11 is 0. The Labute approximate surface area is 586 Å². The topological polar surface area (TPSA) is 237 Å². The van der Waals surface area contributed by atoms with Gasteiger partial charge in [0.25, 0.3) is 0 Å². The summed E-state index contributed by atoms with van der Waals surface area (Å²) in [6, 6.07) is 0. The standard InChI is InChI=1S/C77H146O17P2/c1-6-10-13-16-19-22-24-26-28-29-30-31-33-35-37-42-47-52-57-62-76(81)94-73(67-88-75(80)61-56-51-46-41-36-34-32-27-25-23-20-17-14-11-7-2)69-92-96(85,86)90-65-71(78)64-89-95(83,84)91-68-72(66-87-74(79)60-55-50-45-21-18-15-12-8-3)93-77(82)63-58-53-48-43-39-38-40-44-49-54-59-70(5)9-4/h23,25,27,32,70-73,78H,6-22,24,26,28-31,33-69H2,1-5H3,(H,83,84)(H,85,86)/b25-23-,32-27-/t70?,71-,72+,73+/m0/s1. The molecule has 0 amide bonds. The molecular weight excluding hydrogens is 1260 g/mol. The number of rotatable bonds is 75. The monoisotopic (exact) mass is 1410 g/mol. The van der Waals surface area contributed by atoms with Crippen LogP contribution in [0, 0.1) is 5.92 Å². The number of unbranched alkanes of at least 4 members (excludes halogenated alkanes) is 43. The quantitative estimate of drug-likeness (QED) is 0.0169. The van der Waals surface area contributed by atoms with Crippen molar-refractivity contribution in [2.75, 3.05) is 39.6 Å². The van der Waals surface area contributed by atoms with Gasteiger partial charge in [-0.3, -0.25) is 37.3 Å². The third kappa shape index (κ3) is 68.7. The maximum atomic E-state index is 13.1. The summed E-state index contributed by atoms with van der Waals surface area (Å²) in [5, 5.41) is 10.6. The molecular formula is C77H146O17P2. The largest absolute Gasteiger partial charge is 0.472 e. The lowest BCUT2D eigenvalue weighted by atomic mass is 9.99. The highest BCUT2D eigenvalue weighted by Gasteiger charge is 2.30. The molecule has 0 aromatic heterocycles. The van der Waals surface area contributed by atoms with Gasteiger partial charge in [0.05, 0.1) is 26.4 Å². The number of ether oxygens (including phenoxy) is 4. The Hall–Kier alpha value is -2.46. The first-order valence-corrected chi connectivity index (χ1v) is 42.5. The van der Waals surface area contributed by atoms with Crippen molar-refractivity contribution < 1.29 is 80.2 Å². The third-order valence-corrected chi connectivity index (χ3v) is 19.7. The van der Waals surface area contributed by atoms with E-state index in [2.05, 4.69) is 58.9 Å². The Balaban J connectivity index is 5.24. The summed E-state index contributed by atoms with van der Waals surface area (Å²) < 4.78 is 68.5. The minimum absolute atomic E-state index is 0.102. The third-order valence-electron chi connectivity index (χ3n) is 17.8. The Morgan fingerprint density at radius 1 is 0.333 bits per heavy atom. The molecule has 17 nitrogen and oxygen atoms in total. The van der Waals surface area contributed by atoms with Crippen LogP contribution in [-0.2, 0) is 65.4 Å². The average molecular weight is 1410 g/mol. The van der Waals surface area contributed by atoms with Gasteiger partial charge in [-0.05, 0) is 57.3 Å². The molecule has 3 unspecified atom stereocenters. The van der Waals surface area contributed by atoms with E-state index >= 15 is 0 Å². The number of carbonyl (C=O) groups excluding carboxylic acids is 4. The predicted molar refractivity (Wildman–Crippen MR) is 391 cm³/mol. The van der Waals surface area contributed by atoms with E-state index < -0.39 is 97.5 Å². The molecule has 566 valence electrons. The normalized spacial score (nSPS) is 14.4. The minimum atomic E-state index is -4.96. The number of hydrogen-bond acceptors (Lipinski definition) is 15. The van der Waals surface area contributed by atoms with Gasteiger partial charge in [0.1, 0.15) is 19.3 Å². The summed E-state index contributed by atoms with van der Waals surface area (Å²) in [6.45, 7) is 7.23. The molecule has 0 spiro atoms. The lowest BCUT2D eigenvalue weighted by Gasteiger charge is -2.21. The maximum absolute atomic E-state index is 13.1. The molecule has 19 heteroatoms. The minimum Gasteiger partial charge on any atom is -0.462 e. The van der Waals surface area contributed by atoms with Crippen molar-refractivity contribution in [1.82, 2.24) is 0 Å². The molecule has 0 aromatic carbocycles. The first-order valence-electron chi connectivity index (χ1n) is 39.5. The number of aliphatic hydroxyl groups is 1. The number of allylic oxidation sites excluding steroid dienone is 4. The van der Waals surface area contributed by atoms with Gasteiger partial charge in [-0.15, -0.1) is 0 Å². The van der Waals surface area contributed by atoms with E-state index in [1.807, 2.05) is 0 Å². The van der Waals surface area contributed by atoms with Crippen molar-refractivity contribution in [2.45, 2.75) is 400 Å². The van der Waals surface area contributed by atoms with E-state index in [1.165, 1.54) is 180 Å². The molecule has 0 heterocycles. The number of phosphoric acid groups is 2. The predicted octanol–water partition coefficient (Wildman–Crippen LogP) is 22.4. The Kier molecular flexibility index (Phi) is 67.8. The SMILES string of the molecule is CCCCCC/C=C\C=C/CCCCCCCC(=O)OC[C@H](COP(=O)(O)OC[C@@H](O)COP(=O)(O)OC[C@@H](COC(=O)CCCCCCCCCC)OC(=O)CCCCCCCCCCCCC(C)CC)OC(=O)CCCCCCCCCCCCCCCCCCCCC. The van der Waals surface area contributed by atoms with Gasteiger partial charge < -0.3 is 33.8 Å². The number of carbonyl (C=O) groups is 4. The van der Waals surface area contributed by atoms with Crippen molar-refractivity contribution in [3.8, 4) is 0 Å². The number of hydrogen-bond donors (Lipinski definition) is 3. The van der Waals surface area contributed by atoms with Gasteiger partial charge >= 0.3 is 39.5 Å². The molecule has 0 radical (unpaired) electrons. The van der Waals surface area contributed by atoms with Crippen molar-refractivity contribution >= 4 is 39.5 Å². The Morgan fingerprint density at radius 3 is 0.885 bits per heavy atom. The molecule has 0 aliphatic carbocycles. The zero-order valence-corrected chi connectivity index (χ0v) is 63.8. The molecule has 3 N–H and O–H groups in total. The van der Waals surface area contributed by atoms with E-state index in [-0.39, 0.29) is 25.7 Å². The summed E-state index contributed by atoms with van der Waals surface area (Å²) in [5.74, 6) is -1.34. The molecule has 0 aromatic rings. The van der Waals surface area contributed by atoms with Gasteiger partial charge in [0.2, 0.25) is 0 Å². The van der Waals surface area contributed by atoms with Crippen molar-refractivity contribution in [3.05, 3.63) is 24.3 Å². The second-order valence-electron chi connectivity index (χ2n) is 27.3. The first-order chi connectivity index (χ1) is 46.6. The number of aliphatic hydroxyl groups excluding tert-OH is 1. The lowest BCUT2D eigenvalue weighted by Crippen LogP contribution is -2.30. The Bertz CT molecular complexity index is 1940. The van der Waals surface area contributed by atoms with E-state index in [4.69, 9.17) is 37.0 Å². The molecule has 0 aliphatic heterocycles. The Morgan fingerprint density at radius 2 is 0.583 bits per heavy atom. The zero-order chi connectivity index (χ0) is 70.5. The van der Waals surface area contributed by atoms with Gasteiger partial charge in [-0.1, -0.05) is 329 Å². The van der Waals surface area contributed by atoms with Crippen molar-refractivity contribution in [2.24, 2.45) is 5.92 Å². The molecule has 0 fully saturated rings. The molecule has 96 heavy (non-hydrogen) atoms. The van der Waals surface area contributed by atoms with Gasteiger partial charge in [-0.25, -0.2) is 9.13 Å². The second kappa shape index (κ2) is 69.6. The van der Waals surface area contributed by atoms with Crippen LogP contribution in [0.25, 0.3) is 0 Å². The van der Waals surface area contributed by atoms with Crippen LogP contribution >= 0.6 is 15.6 Å². The molecule has 0 saturated carbocycles. The summed E-state index contributed by atoms with van der Waals surface area (Å²) in [7, 11) is -9.92. The van der Waals surface area contributed by atoms with Crippen LogP contribution in [0.15, 0.2) is 24.3 Å². The van der Waals surface area contributed by atoms with Crippen LogP contribution in [0.3, 0.4) is 0 Å². The fourth-order valence-electron chi connectivity index (χ4n) is 11.3. The van der Waals surface area contributed by atoms with Gasteiger partial charge in [0, 0.05) is 25.7 Å². The van der Waals surface area contributed by atoms with Gasteiger partial charge in [-0.2, -0.15) is 0 Å². The van der Waals surface area contributed by atoms with E-state index in [1.54, 1.807) is 0 Å². The lowest BCUT2D eigenvalue weighted by molar-refractivity contribution is -0.161. The van der Waals surface area contributed by atoms with Crippen LogP contribution in [0.1, 0.15) is 381 Å². The van der Waals surface area contributed by atoms with Crippen LogP contribution in [0.4, 0.5) is 0 Å². The first kappa shape index (κ1) is 93.5. The van der Waals surface area contributed by atoms with Crippen molar-refractivity contribution in [1.29, 1.82) is 0 Å². The van der Waals surface area contributed by atoms with Crippen LogP contribution in [0.5, 0.6) is 0 Å². The summed E-state index contributed by atoms with van der Waals surface area (Å²) in [4.78, 5) is 72.7. The van der Waals surface area contributed by atoms with E-state index in [9.17, 15) is 43.2 Å². The molecule has 0 aliphatic rings. The van der Waals surface area contributed by atoms with Crippen LogP contribution in [-0.4, -0.2) is 96.7 Å². The highest BCUT2D eigenvalue weighted by Crippen LogP contribution is 2.45. The molecule has 0 saturated heterocycles. The van der Waals surface area contributed by atoms with E-state index in [0.717, 1.165) is 121 Å². The second-order valence-corrected chi connectivity index (χ2v) is 30.2. The number of esters is 4. The zero-order valence-electron chi connectivity index (χ0n) is 62.0. The smallest absolute Gasteiger partial charge is 0.462 e. The fraction of sp³-hybridized carbons (Fsp3) is 0.896. The summed E-state index contributed by atoms with van der Waals surface area (Å²) in [5.41, 5.74) is 0. The number of phosphoric ester groups is 2. The maximum Gasteiger partial charge on any atom is 0.472 e. The highest BCUT2D eigenvalue weighted by atomic mass is 31.2. The fourth-order valence-corrected chi connectivity index (χ4v) is 12.9. The average Bonchev–Trinajstić information content (AvgIpc) is 2.81. The molecule has 0 rings (SSSR count). The highest BCUT2D eigenvalue weighted by molar-refractivity contribution is 7.47. The molecule has 6 atom stereocenters. The van der Waals surface area contributed by atoms with E-state index in [0.29, 0.717) is 25.7 Å². The van der Waals surface area contributed by atoms with Crippen LogP contribution < -0.4 is 0 Å². The van der Waals surface area contributed by atoms with Crippen LogP contribution in [0.2, 0.25) is 0 Å². The van der Waals surface area contributed by atoms with Crippen molar-refractivity contribution in [3.63, 3.8) is 0 Å². The summed E-state index contributed by atoms with van der Waals surface area (Å²) in [6.07, 6.45) is 61.8.